The van der Waals surface area contributed by atoms with E-state index in [1.54, 1.807) is 6.92 Å². The monoisotopic (exact) mass is 299 g/mol. The third kappa shape index (κ3) is 6.76. The van der Waals surface area contributed by atoms with Crippen molar-refractivity contribution in [2.75, 3.05) is 46.3 Å². The number of likely N-dealkylation sites (tertiary alicyclic amines) is 1. The molecule has 5 nitrogen and oxygen atoms in total. The molecule has 0 aromatic carbocycles. The number of hydrogen-bond acceptors (Lipinski definition) is 4. The van der Waals surface area contributed by atoms with Crippen molar-refractivity contribution in [1.82, 2.24) is 15.1 Å². The van der Waals surface area contributed by atoms with Gasteiger partial charge < -0.3 is 20.2 Å². The number of carboxylic acids is 1. The third-order valence-electron chi connectivity index (χ3n) is 4.45. The molecule has 0 bridgehead atoms. The molecular formula is C16H33N3O2. The number of likely N-dealkylation sites (N-methyl/N-ethyl adjacent to an activating group) is 1. The van der Waals surface area contributed by atoms with E-state index >= 15 is 0 Å². The average molecular weight is 299 g/mol. The predicted molar refractivity (Wildman–Crippen MR) is 86.7 cm³/mol. The minimum absolute atomic E-state index is 0.677. The van der Waals surface area contributed by atoms with E-state index in [2.05, 4.69) is 29.1 Å². The van der Waals surface area contributed by atoms with Crippen molar-refractivity contribution in [2.45, 2.75) is 51.5 Å². The van der Waals surface area contributed by atoms with Crippen LogP contribution in [0.4, 0.5) is 0 Å². The minimum Gasteiger partial charge on any atom is -0.480 e. The number of hydrogen-bond donors (Lipinski definition) is 2. The molecular weight excluding hydrogens is 266 g/mol. The Morgan fingerprint density at radius 2 is 2.00 bits per heavy atom. The van der Waals surface area contributed by atoms with Crippen LogP contribution in [-0.2, 0) is 4.79 Å². The largest absolute Gasteiger partial charge is 0.480 e. The maximum atomic E-state index is 11.4. The van der Waals surface area contributed by atoms with Gasteiger partial charge in [0.1, 0.15) is 5.54 Å². The van der Waals surface area contributed by atoms with Crippen molar-refractivity contribution in [3.8, 4) is 0 Å². The van der Waals surface area contributed by atoms with Gasteiger partial charge in [0.05, 0.1) is 0 Å². The van der Waals surface area contributed by atoms with Gasteiger partial charge in [-0.2, -0.15) is 0 Å². The molecule has 0 radical (unpaired) electrons. The fourth-order valence-electron chi connectivity index (χ4n) is 2.80. The fourth-order valence-corrected chi connectivity index (χ4v) is 2.80. The molecule has 1 fully saturated rings. The van der Waals surface area contributed by atoms with Crippen molar-refractivity contribution in [3.63, 3.8) is 0 Å². The summed E-state index contributed by atoms with van der Waals surface area (Å²) in [5.41, 5.74) is -0.786. The Labute approximate surface area is 129 Å². The van der Waals surface area contributed by atoms with E-state index < -0.39 is 11.5 Å². The third-order valence-corrected chi connectivity index (χ3v) is 4.45. The summed E-state index contributed by atoms with van der Waals surface area (Å²) in [7, 11) is 2.13. The molecule has 0 aliphatic carbocycles. The van der Waals surface area contributed by atoms with E-state index in [0.29, 0.717) is 6.42 Å². The molecule has 21 heavy (non-hydrogen) atoms. The summed E-state index contributed by atoms with van der Waals surface area (Å²) in [5, 5.41) is 12.6. The molecule has 1 saturated heterocycles. The maximum absolute atomic E-state index is 11.4. The number of aliphatic carboxylic acids is 1. The highest BCUT2D eigenvalue weighted by Gasteiger charge is 2.31. The molecule has 0 saturated carbocycles. The van der Waals surface area contributed by atoms with Gasteiger partial charge in [-0.1, -0.05) is 6.92 Å². The smallest absolute Gasteiger partial charge is 0.323 e. The Bertz CT molecular complexity index is 306. The second kappa shape index (κ2) is 9.38. The van der Waals surface area contributed by atoms with Gasteiger partial charge in [0, 0.05) is 13.1 Å². The van der Waals surface area contributed by atoms with Crippen LogP contribution in [0.25, 0.3) is 0 Å². The molecule has 1 atom stereocenters. The second-order valence-corrected chi connectivity index (χ2v) is 6.52. The molecule has 1 heterocycles. The molecule has 1 unspecified atom stereocenters. The van der Waals surface area contributed by atoms with Gasteiger partial charge in [-0.05, 0) is 72.3 Å². The van der Waals surface area contributed by atoms with Crippen LogP contribution in [0.15, 0.2) is 0 Å². The van der Waals surface area contributed by atoms with E-state index in [1.165, 1.54) is 25.9 Å². The van der Waals surface area contributed by atoms with Gasteiger partial charge >= 0.3 is 5.97 Å². The lowest BCUT2D eigenvalue weighted by Crippen LogP contribution is -2.50. The van der Waals surface area contributed by atoms with E-state index in [-0.39, 0.29) is 0 Å². The Kier molecular flexibility index (Phi) is 8.22. The summed E-state index contributed by atoms with van der Waals surface area (Å²) in [4.78, 5) is 16.3. The van der Waals surface area contributed by atoms with Gasteiger partial charge in [-0.3, -0.25) is 4.79 Å². The zero-order valence-electron chi connectivity index (χ0n) is 14.0. The highest BCUT2D eigenvalue weighted by molar-refractivity contribution is 5.78. The Hall–Kier alpha value is -0.650. The fraction of sp³-hybridized carbons (Fsp3) is 0.938. The number of carbonyl (C=O) groups is 1. The minimum atomic E-state index is -0.786. The summed E-state index contributed by atoms with van der Waals surface area (Å²) in [5.74, 6) is -0.740. The lowest BCUT2D eigenvalue weighted by atomic mass is 9.95. The summed E-state index contributed by atoms with van der Waals surface area (Å²) >= 11 is 0. The Morgan fingerprint density at radius 1 is 1.33 bits per heavy atom. The van der Waals surface area contributed by atoms with E-state index in [0.717, 1.165) is 39.0 Å². The Balaban J connectivity index is 2.20. The lowest BCUT2D eigenvalue weighted by molar-refractivity contribution is -0.144. The van der Waals surface area contributed by atoms with Gasteiger partial charge in [0.15, 0.2) is 0 Å². The number of nitrogens with zero attached hydrogens (tertiary/aromatic N) is 2. The molecule has 5 heteroatoms. The SMILES string of the molecule is CCCNC(C)(CCCN(C)CCN1CCCC1)C(=O)O. The Morgan fingerprint density at radius 3 is 2.57 bits per heavy atom. The van der Waals surface area contributed by atoms with Crippen molar-refractivity contribution >= 4 is 5.97 Å². The first-order chi connectivity index (χ1) is 9.98. The number of rotatable bonds is 11. The molecule has 0 amide bonds. The topological polar surface area (TPSA) is 55.8 Å². The van der Waals surface area contributed by atoms with E-state index in [4.69, 9.17) is 0 Å². The van der Waals surface area contributed by atoms with Gasteiger partial charge in [0.25, 0.3) is 0 Å². The first-order valence-electron chi connectivity index (χ1n) is 8.37. The zero-order chi connectivity index (χ0) is 15.7. The van der Waals surface area contributed by atoms with Crippen LogP contribution in [0, 0.1) is 0 Å². The van der Waals surface area contributed by atoms with Crippen molar-refractivity contribution in [1.29, 1.82) is 0 Å². The van der Waals surface area contributed by atoms with Gasteiger partial charge in [-0.15, -0.1) is 0 Å². The molecule has 0 spiro atoms. The summed E-state index contributed by atoms with van der Waals surface area (Å²) < 4.78 is 0. The van der Waals surface area contributed by atoms with Crippen molar-refractivity contribution in [3.05, 3.63) is 0 Å². The van der Waals surface area contributed by atoms with Crippen LogP contribution in [0.1, 0.15) is 46.0 Å². The quantitative estimate of drug-likeness (QED) is 0.607. The molecule has 0 aromatic rings. The highest BCUT2D eigenvalue weighted by Crippen LogP contribution is 2.13. The summed E-state index contributed by atoms with van der Waals surface area (Å²) in [6, 6.07) is 0. The summed E-state index contributed by atoms with van der Waals surface area (Å²) in [6.07, 6.45) is 5.22. The highest BCUT2D eigenvalue weighted by atomic mass is 16.4. The van der Waals surface area contributed by atoms with Gasteiger partial charge in [-0.25, -0.2) is 0 Å². The van der Waals surface area contributed by atoms with Crippen LogP contribution in [0.3, 0.4) is 0 Å². The molecule has 1 aliphatic heterocycles. The number of nitrogens with one attached hydrogen (secondary N) is 1. The molecule has 124 valence electrons. The normalized spacial score (nSPS) is 19.0. The predicted octanol–water partition coefficient (Wildman–Crippen LogP) is 1.64. The zero-order valence-corrected chi connectivity index (χ0v) is 14.0. The van der Waals surface area contributed by atoms with Crippen LogP contribution < -0.4 is 5.32 Å². The lowest BCUT2D eigenvalue weighted by Gasteiger charge is -2.27. The van der Waals surface area contributed by atoms with Crippen LogP contribution >= 0.6 is 0 Å². The second-order valence-electron chi connectivity index (χ2n) is 6.52. The number of carboxylic acid groups (broad SMARTS) is 1. The van der Waals surface area contributed by atoms with E-state index in [9.17, 15) is 9.90 Å². The first kappa shape index (κ1) is 18.4. The van der Waals surface area contributed by atoms with Crippen LogP contribution in [0.2, 0.25) is 0 Å². The summed E-state index contributed by atoms with van der Waals surface area (Å²) in [6.45, 7) is 10.3. The molecule has 0 aromatic heterocycles. The average Bonchev–Trinajstić information content (AvgIpc) is 2.96. The van der Waals surface area contributed by atoms with Crippen LogP contribution in [0.5, 0.6) is 0 Å². The maximum Gasteiger partial charge on any atom is 0.323 e. The first-order valence-corrected chi connectivity index (χ1v) is 8.37. The molecule has 2 N–H and O–H groups in total. The standard InChI is InChI=1S/C16H33N3O2/c1-4-9-17-16(2,15(20)21)8-7-10-18(3)13-14-19-11-5-6-12-19/h17H,4-14H2,1-3H3,(H,20,21). The van der Waals surface area contributed by atoms with Crippen molar-refractivity contribution in [2.24, 2.45) is 0 Å². The van der Waals surface area contributed by atoms with E-state index in [1.807, 2.05) is 0 Å². The van der Waals surface area contributed by atoms with Gasteiger partial charge in [0.2, 0.25) is 0 Å². The van der Waals surface area contributed by atoms with Crippen molar-refractivity contribution < 1.29 is 9.90 Å². The molecule has 1 aliphatic rings. The molecule has 1 rings (SSSR count). The van der Waals surface area contributed by atoms with Crippen LogP contribution in [-0.4, -0.2) is 72.7 Å².